The van der Waals surface area contributed by atoms with Crippen LogP contribution in [-0.4, -0.2) is 24.0 Å². The van der Waals surface area contributed by atoms with Crippen LogP contribution in [0.1, 0.15) is 6.42 Å². The number of rotatable bonds is 4. The van der Waals surface area contributed by atoms with Gasteiger partial charge in [-0.1, -0.05) is 6.58 Å². The Morgan fingerprint density at radius 3 is 2.82 bits per heavy atom. The van der Waals surface area contributed by atoms with E-state index in [0.717, 1.165) is 12.3 Å². The second kappa shape index (κ2) is 5.74. The topological polar surface area (TPSA) is 68.3 Å². The Kier molecular flexibility index (Phi) is 4.33. The average molecular weight is 238 g/mol. The highest BCUT2D eigenvalue weighted by molar-refractivity contribution is 6.05. The molecule has 5 nitrogen and oxygen atoms in total. The van der Waals surface area contributed by atoms with E-state index in [1.54, 1.807) is 0 Å². The first-order chi connectivity index (χ1) is 8.02. The Morgan fingerprint density at radius 2 is 2.24 bits per heavy atom. The van der Waals surface area contributed by atoms with Crippen LogP contribution in [0.4, 0.5) is 10.1 Å². The molecule has 0 atom stereocenters. The Hall–Kier alpha value is -2.24. The first kappa shape index (κ1) is 12.8. The van der Waals surface area contributed by atoms with E-state index in [4.69, 9.17) is 0 Å². The van der Waals surface area contributed by atoms with Crippen molar-refractivity contribution in [3.8, 4) is 0 Å². The zero-order valence-electron chi connectivity index (χ0n) is 9.20. The van der Waals surface area contributed by atoms with Gasteiger partial charge >= 0.3 is 5.97 Å². The first-order valence-corrected chi connectivity index (χ1v) is 4.69. The van der Waals surface area contributed by atoms with Gasteiger partial charge in [-0.05, 0) is 0 Å². The zero-order chi connectivity index (χ0) is 12.8. The van der Waals surface area contributed by atoms with Crippen LogP contribution < -0.4 is 5.32 Å². The van der Waals surface area contributed by atoms with Gasteiger partial charge in [0.05, 0.1) is 31.6 Å². The highest BCUT2D eigenvalue weighted by Gasteiger charge is 2.12. The minimum atomic E-state index is -0.581. The molecule has 1 heterocycles. The standard InChI is InChI=1S/C11H11FN2O3/c1-7(3-10(15)17-2)11(16)14-9-4-8(12)5-13-6-9/h4-6H,1,3H2,2H3,(H,14,16). The molecule has 1 aromatic rings. The summed E-state index contributed by atoms with van der Waals surface area (Å²) in [5, 5.41) is 2.36. The minimum absolute atomic E-state index is 0.0288. The summed E-state index contributed by atoms with van der Waals surface area (Å²) < 4.78 is 17.2. The summed E-state index contributed by atoms with van der Waals surface area (Å²) in [5.74, 6) is -1.72. The fourth-order valence-corrected chi connectivity index (χ4v) is 1.03. The van der Waals surface area contributed by atoms with Crippen LogP contribution in [0.15, 0.2) is 30.6 Å². The van der Waals surface area contributed by atoms with Crippen molar-refractivity contribution >= 4 is 17.6 Å². The molecule has 0 saturated heterocycles. The Bertz CT molecular complexity index is 460. The lowest BCUT2D eigenvalue weighted by Crippen LogP contribution is -2.16. The highest BCUT2D eigenvalue weighted by Crippen LogP contribution is 2.09. The number of pyridine rings is 1. The third kappa shape index (κ3) is 4.02. The predicted octanol–water partition coefficient (Wildman–Crippen LogP) is 1.28. The number of amides is 1. The fourth-order valence-electron chi connectivity index (χ4n) is 1.03. The lowest BCUT2D eigenvalue weighted by Gasteiger charge is -2.06. The third-order valence-corrected chi connectivity index (χ3v) is 1.87. The number of esters is 1. The van der Waals surface area contributed by atoms with Gasteiger partial charge in [-0.2, -0.15) is 0 Å². The molecule has 0 aliphatic carbocycles. The quantitative estimate of drug-likeness (QED) is 0.633. The largest absolute Gasteiger partial charge is 0.469 e. The van der Waals surface area contributed by atoms with Crippen LogP contribution in [0, 0.1) is 5.82 Å². The third-order valence-electron chi connectivity index (χ3n) is 1.87. The van der Waals surface area contributed by atoms with E-state index >= 15 is 0 Å². The van der Waals surface area contributed by atoms with E-state index in [9.17, 15) is 14.0 Å². The summed E-state index contributed by atoms with van der Waals surface area (Å²) in [6, 6.07) is 1.11. The number of nitrogens with zero attached hydrogens (tertiary/aromatic N) is 1. The molecule has 0 bridgehead atoms. The molecule has 1 N–H and O–H groups in total. The van der Waals surface area contributed by atoms with Gasteiger partial charge in [0.25, 0.3) is 5.91 Å². The van der Waals surface area contributed by atoms with Crippen molar-refractivity contribution in [3.05, 3.63) is 36.4 Å². The molecule has 0 radical (unpaired) electrons. The van der Waals surface area contributed by atoms with Crippen LogP contribution in [0.2, 0.25) is 0 Å². The van der Waals surface area contributed by atoms with Crippen LogP contribution in [0.5, 0.6) is 0 Å². The molecule has 1 rings (SSSR count). The van der Waals surface area contributed by atoms with E-state index in [1.165, 1.54) is 13.3 Å². The summed E-state index contributed by atoms with van der Waals surface area (Å²) in [7, 11) is 1.21. The minimum Gasteiger partial charge on any atom is -0.469 e. The fraction of sp³-hybridized carbons (Fsp3) is 0.182. The molecule has 90 valence electrons. The summed E-state index contributed by atoms with van der Waals surface area (Å²) >= 11 is 0. The second-order valence-corrected chi connectivity index (χ2v) is 3.20. The summed E-state index contributed by atoms with van der Waals surface area (Å²) in [5.41, 5.74) is 0.224. The van der Waals surface area contributed by atoms with Crippen molar-refractivity contribution in [2.75, 3.05) is 12.4 Å². The lowest BCUT2D eigenvalue weighted by atomic mass is 10.2. The number of methoxy groups -OCH3 is 1. The van der Waals surface area contributed by atoms with E-state index in [-0.39, 0.29) is 17.7 Å². The van der Waals surface area contributed by atoms with Gasteiger partial charge in [-0.3, -0.25) is 14.6 Å². The van der Waals surface area contributed by atoms with Gasteiger partial charge in [0.1, 0.15) is 5.82 Å². The highest BCUT2D eigenvalue weighted by atomic mass is 19.1. The first-order valence-electron chi connectivity index (χ1n) is 4.69. The van der Waals surface area contributed by atoms with Crippen molar-refractivity contribution in [2.24, 2.45) is 0 Å². The Balaban J connectivity index is 2.60. The van der Waals surface area contributed by atoms with Crippen molar-refractivity contribution in [1.82, 2.24) is 4.98 Å². The lowest BCUT2D eigenvalue weighted by molar-refractivity contribution is -0.140. The van der Waals surface area contributed by atoms with Crippen LogP contribution in [-0.2, 0) is 14.3 Å². The molecule has 0 aromatic carbocycles. The molecule has 0 fully saturated rings. The predicted molar refractivity (Wildman–Crippen MR) is 58.6 cm³/mol. The number of ether oxygens (including phenoxy) is 1. The summed E-state index contributed by atoms with van der Waals surface area (Å²) in [4.78, 5) is 26.0. The number of nitrogens with one attached hydrogen (secondary N) is 1. The normalized spacial score (nSPS) is 9.53. The van der Waals surface area contributed by atoms with Crippen LogP contribution >= 0.6 is 0 Å². The second-order valence-electron chi connectivity index (χ2n) is 3.20. The van der Waals surface area contributed by atoms with Gasteiger partial charge < -0.3 is 10.1 Å². The van der Waals surface area contributed by atoms with Crippen LogP contribution in [0.3, 0.4) is 0 Å². The summed E-state index contributed by atoms with van der Waals surface area (Å²) in [6.45, 7) is 3.43. The molecule has 1 amide bonds. The molecule has 0 aliphatic rings. The summed E-state index contributed by atoms with van der Waals surface area (Å²) in [6.07, 6.45) is 2.08. The maximum atomic E-state index is 12.8. The van der Waals surface area contributed by atoms with Crippen molar-refractivity contribution in [3.63, 3.8) is 0 Å². The van der Waals surface area contributed by atoms with Gasteiger partial charge in [0.15, 0.2) is 0 Å². The van der Waals surface area contributed by atoms with Crippen molar-refractivity contribution < 1.29 is 18.7 Å². The Labute approximate surface area is 97.3 Å². The molecule has 6 heteroatoms. The number of aromatic nitrogens is 1. The van der Waals surface area contributed by atoms with Gasteiger partial charge in [0, 0.05) is 11.6 Å². The van der Waals surface area contributed by atoms with Gasteiger partial charge in [0.2, 0.25) is 0 Å². The molecule has 17 heavy (non-hydrogen) atoms. The number of carbonyl (C=O) groups is 2. The zero-order valence-corrected chi connectivity index (χ0v) is 9.20. The van der Waals surface area contributed by atoms with Crippen molar-refractivity contribution in [2.45, 2.75) is 6.42 Å². The van der Waals surface area contributed by atoms with Crippen molar-refractivity contribution in [1.29, 1.82) is 0 Å². The molecule has 0 aliphatic heterocycles. The van der Waals surface area contributed by atoms with E-state index in [0.29, 0.717) is 0 Å². The monoisotopic (exact) mass is 238 g/mol. The number of halogens is 1. The van der Waals surface area contributed by atoms with E-state index in [2.05, 4.69) is 21.6 Å². The molecule has 0 saturated carbocycles. The van der Waals surface area contributed by atoms with E-state index < -0.39 is 17.7 Å². The smallest absolute Gasteiger partial charge is 0.310 e. The number of anilines is 1. The molecule has 0 spiro atoms. The molecular weight excluding hydrogens is 227 g/mol. The molecule has 1 aromatic heterocycles. The van der Waals surface area contributed by atoms with Gasteiger partial charge in [-0.15, -0.1) is 0 Å². The SMILES string of the molecule is C=C(CC(=O)OC)C(=O)Nc1cncc(F)c1. The van der Waals surface area contributed by atoms with E-state index in [1.807, 2.05) is 0 Å². The molecule has 0 unspecified atom stereocenters. The number of hydrogen-bond acceptors (Lipinski definition) is 4. The maximum Gasteiger partial charge on any atom is 0.310 e. The Morgan fingerprint density at radius 1 is 1.53 bits per heavy atom. The number of hydrogen-bond donors (Lipinski definition) is 1. The maximum absolute atomic E-state index is 12.8. The number of carbonyl (C=O) groups excluding carboxylic acids is 2. The van der Waals surface area contributed by atoms with Crippen LogP contribution in [0.25, 0.3) is 0 Å². The average Bonchev–Trinajstić information content (AvgIpc) is 2.28. The van der Waals surface area contributed by atoms with Gasteiger partial charge in [-0.25, -0.2) is 4.39 Å². The molecular formula is C11H11FN2O3.